The number of carbonyl (C=O) groups excluding carboxylic acids is 1. The van der Waals surface area contributed by atoms with E-state index >= 15 is 0 Å². The molecule has 0 spiro atoms. The molecule has 12 heteroatoms. The molecule has 0 radical (unpaired) electrons. The maximum Gasteiger partial charge on any atom is 0.417 e. The van der Waals surface area contributed by atoms with Gasteiger partial charge >= 0.3 is 6.18 Å². The maximum atomic E-state index is 14.6. The first-order valence-corrected chi connectivity index (χ1v) is 12.1. The van der Waals surface area contributed by atoms with Gasteiger partial charge in [0.05, 0.1) is 22.4 Å². The van der Waals surface area contributed by atoms with Gasteiger partial charge in [0.2, 0.25) is 10.0 Å². The highest BCUT2D eigenvalue weighted by Crippen LogP contribution is 2.31. The zero-order valence-electron chi connectivity index (χ0n) is 18.8. The zero-order chi connectivity index (χ0) is 25.3. The molecule has 1 aliphatic heterocycles. The van der Waals surface area contributed by atoms with E-state index in [9.17, 15) is 30.8 Å². The van der Waals surface area contributed by atoms with Gasteiger partial charge in [-0.05, 0) is 57.4 Å². The largest absolute Gasteiger partial charge is 0.491 e. The number of anilines is 1. The van der Waals surface area contributed by atoms with Crippen molar-refractivity contribution in [3.63, 3.8) is 0 Å². The molecular formula is C22H25F4N3O4S. The van der Waals surface area contributed by atoms with Gasteiger partial charge < -0.3 is 9.64 Å². The van der Waals surface area contributed by atoms with Crippen molar-refractivity contribution in [2.45, 2.75) is 51.1 Å². The van der Waals surface area contributed by atoms with E-state index < -0.39 is 44.3 Å². The van der Waals surface area contributed by atoms with Crippen LogP contribution in [0, 0.1) is 12.7 Å². The van der Waals surface area contributed by atoms with Crippen LogP contribution < -0.4 is 14.4 Å². The van der Waals surface area contributed by atoms with E-state index in [2.05, 4.69) is 4.98 Å². The molecule has 0 unspecified atom stereocenters. The minimum absolute atomic E-state index is 0.121. The number of halogens is 4. The molecule has 1 aliphatic rings. The molecule has 186 valence electrons. The van der Waals surface area contributed by atoms with Crippen molar-refractivity contribution in [1.82, 2.24) is 9.71 Å². The molecule has 1 aromatic carbocycles. The molecule has 0 saturated carbocycles. The monoisotopic (exact) mass is 503 g/mol. The quantitative estimate of drug-likeness (QED) is 0.574. The fraction of sp³-hybridized carbons (Fsp3) is 0.455. The number of aromatic nitrogens is 1. The minimum atomic E-state index is -4.47. The van der Waals surface area contributed by atoms with E-state index in [4.69, 9.17) is 4.74 Å². The number of hydrogen-bond donors (Lipinski definition) is 1. The number of amides is 1. The summed E-state index contributed by atoms with van der Waals surface area (Å²) in [7, 11) is -3.92. The summed E-state index contributed by atoms with van der Waals surface area (Å²) >= 11 is 0. The summed E-state index contributed by atoms with van der Waals surface area (Å²) in [6.45, 7) is 5.08. The fourth-order valence-corrected chi connectivity index (χ4v) is 4.12. The summed E-state index contributed by atoms with van der Waals surface area (Å²) in [6, 6.07) is 4.32. The van der Waals surface area contributed by atoms with Gasteiger partial charge in [-0.2, -0.15) is 13.2 Å². The van der Waals surface area contributed by atoms with Crippen LogP contribution in [0.25, 0.3) is 0 Å². The van der Waals surface area contributed by atoms with Crippen LogP contribution in [0.2, 0.25) is 0 Å². The Kier molecular flexibility index (Phi) is 7.39. The number of rotatable bonds is 7. The minimum Gasteiger partial charge on any atom is -0.491 e. The average Bonchev–Trinajstić information content (AvgIpc) is 3.21. The standard InChI is InChI=1S/C22H25F4N3O4S/c1-13(2)34(31,32)28-21(30)17-9-14(3)19(10-18(17)23)33-12-16-5-4-8-29(16)20-7-6-15(11-27-20)22(24,25)26/h6-7,9-11,13,16H,4-5,8,12H2,1-3H3,(H,28,30)/t16-/m1/s1. The highest BCUT2D eigenvalue weighted by molar-refractivity contribution is 7.90. The Bertz CT molecular complexity index is 1150. The summed E-state index contributed by atoms with van der Waals surface area (Å²) in [5.41, 5.74) is -0.837. The molecule has 2 aromatic rings. The van der Waals surface area contributed by atoms with Gasteiger partial charge in [0.1, 0.15) is 24.0 Å². The van der Waals surface area contributed by atoms with Crippen molar-refractivity contribution >= 4 is 21.7 Å². The van der Waals surface area contributed by atoms with E-state index in [0.29, 0.717) is 24.3 Å². The fourth-order valence-electron chi connectivity index (χ4n) is 3.51. The van der Waals surface area contributed by atoms with Crippen molar-refractivity contribution in [3.05, 3.63) is 53.0 Å². The van der Waals surface area contributed by atoms with Gasteiger partial charge in [0.15, 0.2) is 0 Å². The van der Waals surface area contributed by atoms with Crippen molar-refractivity contribution in [2.24, 2.45) is 0 Å². The second kappa shape index (κ2) is 9.77. The number of sulfonamides is 1. The van der Waals surface area contributed by atoms with Crippen LogP contribution in [0.4, 0.5) is 23.4 Å². The van der Waals surface area contributed by atoms with Crippen molar-refractivity contribution < 1.29 is 35.5 Å². The van der Waals surface area contributed by atoms with Crippen LogP contribution in [0.15, 0.2) is 30.5 Å². The van der Waals surface area contributed by atoms with Gasteiger partial charge in [-0.25, -0.2) is 22.5 Å². The van der Waals surface area contributed by atoms with Crippen LogP contribution in [0.1, 0.15) is 48.2 Å². The van der Waals surface area contributed by atoms with E-state index in [0.717, 1.165) is 24.8 Å². The Hall–Kier alpha value is -2.89. The summed E-state index contributed by atoms with van der Waals surface area (Å²) < 4.78 is 84.4. The van der Waals surface area contributed by atoms with Crippen LogP contribution in [0.3, 0.4) is 0 Å². The number of nitrogens with zero attached hydrogens (tertiary/aromatic N) is 2. The highest BCUT2D eigenvalue weighted by Gasteiger charge is 2.32. The molecule has 0 bridgehead atoms. The van der Waals surface area contributed by atoms with E-state index in [-0.39, 0.29) is 18.4 Å². The summed E-state index contributed by atoms with van der Waals surface area (Å²) in [4.78, 5) is 18.0. The molecule has 7 nitrogen and oxygen atoms in total. The zero-order valence-corrected chi connectivity index (χ0v) is 19.6. The van der Waals surface area contributed by atoms with Gasteiger partial charge in [0.25, 0.3) is 5.91 Å². The summed E-state index contributed by atoms with van der Waals surface area (Å²) in [5, 5.41) is -0.864. The number of alkyl halides is 3. The molecule has 0 aliphatic carbocycles. The second-order valence-corrected chi connectivity index (χ2v) is 10.6. The average molecular weight is 504 g/mol. The van der Waals surface area contributed by atoms with Crippen molar-refractivity contribution in [3.8, 4) is 5.75 Å². The van der Waals surface area contributed by atoms with E-state index in [1.165, 1.54) is 26.0 Å². The number of ether oxygens (including phenoxy) is 1. The van der Waals surface area contributed by atoms with Crippen LogP contribution in [-0.2, 0) is 16.2 Å². The molecule has 1 fully saturated rings. The van der Waals surface area contributed by atoms with Crippen LogP contribution in [-0.4, -0.2) is 43.8 Å². The highest BCUT2D eigenvalue weighted by atomic mass is 32.2. The van der Waals surface area contributed by atoms with Crippen LogP contribution >= 0.6 is 0 Å². The van der Waals surface area contributed by atoms with Crippen LogP contribution in [0.5, 0.6) is 5.75 Å². The molecule has 34 heavy (non-hydrogen) atoms. The SMILES string of the molecule is Cc1cc(C(=O)NS(=O)(=O)C(C)C)c(F)cc1OC[C@H]1CCCN1c1ccc(C(F)(F)F)cn1. The molecular weight excluding hydrogens is 478 g/mol. The Morgan fingerprint density at radius 1 is 1.29 bits per heavy atom. The lowest BCUT2D eigenvalue weighted by Crippen LogP contribution is -2.36. The Morgan fingerprint density at radius 3 is 2.59 bits per heavy atom. The number of aryl methyl sites for hydroxylation is 1. The number of nitrogens with one attached hydrogen (secondary N) is 1. The lowest BCUT2D eigenvalue weighted by Gasteiger charge is -2.26. The normalized spacial score (nSPS) is 16.7. The Balaban J connectivity index is 1.70. The molecule has 1 saturated heterocycles. The third kappa shape index (κ3) is 5.78. The number of carbonyl (C=O) groups is 1. The molecule has 1 aromatic heterocycles. The molecule has 3 rings (SSSR count). The number of pyridine rings is 1. The molecule has 1 amide bonds. The first-order chi connectivity index (χ1) is 15.8. The first-order valence-electron chi connectivity index (χ1n) is 10.6. The molecule has 1 N–H and O–H groups in total. The maximum absolute atomic E-state index is 14.6. The van der Waals surface area contributed by atoms with Gasteiger partial charge in [-0.15, -0.1) is 0 Å². The van der Waals surface area contributed by atoms with Gasteiger partial charge in [-0.3, -0.25) is 4.79 Å². The predicted molar refractivity (Wildman–Crippen MR) is 118 cm³/mol. The number of hydrogen-bond acceptors (Lipinski definition) is 6. The van der Waals surface area contributed by atoms with Crippen molar-refractivity contribution in [1.29, 1.82) is 0 Å². The summed E-state index contributed by atoms with van der Waals surface area (Å²) in [6.07, 6.45) is -2.19. The Morgan fingerprint density at radius 2 is 2.00 bits per heavy atom. The molecule has 1 atom stereocenters. The topological polar surface area (TPSA) is 88.6 Å². The van der Waals surface area contributed by atoms with E-state index in [1.807, 2.05) is 9.62 Å². The summed E-state index contributed by atoms with van der Waals surface area (Å²) in [5.74, 6) is -1.45. The third-order valence-electron chi connectivity index (χ3n) is 5.54. The molecule has 2 heterocycles. The lowest BCUT2D eigenvalue weighted by atomic mass is 10.1. The van der Waals surface area contributed by atoms with Gasteiger partial charge in [-0.1, -0.05) is 0 Å². The Labute approximate surface area is 195 Å². The third-order valence-corrected chi connectivity index (χ3v) is 7.25. The second-order valence-electron chi connectivity index (χ2n) is 8.33. The lowest BCUT2D eigenvalue weighted by molar-refractivity contribution is -0.137. The number of benzene rings is 1. The predicted octanol–water partition coefficient (Wildman–Crippen LogP) is 4.06. The van der Waals surface area contributed by atoms with Gasteiger partial charge in [0, 0.05) is 18.8 Å². The van der Waals surface area contributed by atoms with E-state index in [1.54, 1.807) is 6.92 Å². The first kappa shape index (κ1) is 25.7. The smallest absolute Gasteiger partial charge is 0.417 e. The van der Waals surface area contributed by atoms with Crippen molar-refractivity contribution in [2.75, 3.05) is 18.1 Å².